The first kappa shape index (κ1) is 11.0. The van der Waals surface area contributed by atoms with Crippen LogP contribution in [0.4, 0.5) is 4.39 Å². The van der Waals surface area contributed by atoms with Crippen molar-refractivity contribution in [2.75, 3.05) is 5.33 Å². The molecule has 1 unspecified atom stereocenters. The van der Waals surface area contributed by atoms with Crippen LogP contribution in [-0.4, -0.2) is 5.33 Å². The fraction of sp³-hybridized carbons (Fsp3) is 0.400. The number of hydrogen-bond acceptors (Lipinski definition) is 0. The molecule has 1 atom stereocenters. The molecule has 0 spiro atoms. The Morgan fingerprint density at radius 3 is 2.77 bits per heavy atom. The highest BCUT2D eigenvalue weighted by atomic mass is 79.9. The molecule has 0 N–H and O–H groups in total. The Morgan fingerprint density at radius 2 is 2.23 bits per heavy atom. The molecule has 0 heterocycles. The van der Waals surface area contributed by atoms with Crippen molar-refractivity contribution in [3.8, 4) is 0 Å². The number of benzene rings is 1. The lowest BCUT2D eigenvalue weighted by molar-refractivity contribution is 0.579. The maximum Gasteiger partial charge on any atom is 0.127 e. The molecule has 13 heavy (non-hydrogen) atoms. The van der Waals surface area contributed by atoms with Crippen molar-refractivity contribution < 1.29 is 4.39 Å². The highest BCUT2D eigenvalue weighted by molar-refractivity contribution is 9.09. The van der Waals surface area contributed by atoms with Gasteiger partial charge in [0.05, 0.1) is 0 Å². The minimum absolute atomic E-state index is 0.208. The van der Waals surface area contributed by atoms with Crippen molar-refractivity contribution >= 4 is 27.5 Å². The molecule has 0 radical (unpaired) electrons. The summed E-state index contributed by atoms with van der Waals surface area (Å²) in [6, 6.07) is 4.83. The largest absolute Gasteiger partial charge is 0.207 e. The first-order valence-electron chi connectivity index (χ1n) is 4.13. The van der Waals surface area contributed by atoms with Crippen LogP contribution in [0, 0.1) is 11.7 Å². The molecule has 1 aromatic rings. The standard InChI is InChI=1S/C10H11BrClF/c1-7(6-11)4-8-2-3-9(12)5-10(8)13/h2-3,5,7H,4,6H2,1H3. The zero-order chi connectivity index (χ0) is 9.84. The summed E-state index contributed by atoms with van der Waals surface area (Å²) in [5.74, 6) is 0.232. The van der Waals surface area contributed by atoms with Gasteiger partial charge in [-0.25, -0.2) is 4.39 Å². The Balaban J connectivity index is 2.77. The van der Waals surface area contributed by atoms with Gasteiger partial charge in [0.25, 0.3) is 0 Å². The Labute approximate surface area is 91.2 Å². The molecule has 1 rings (SSSR count). The molecule has 0 saturated heterocycles. The SMILES string of the molecule is CC(CBr)Cc1ccc(Cl)cc1F. The van der Waals surface area contributed by atoms with E-state index < -0.39 is 0 Å². The lowest BCUT2D eigenvalue weighted by Crippen LogP contribution is -2.02. The molecule has 3 heteroatoms. The van der Waals surface area contributed by atoms with Crippen LogP contribution in [0.25, 0.3) is 0 Å². The summed E-state index contributed by atoms with van der Waals surface area (Å²) in [7, 11) is 0. The van der Waals surface area contributed by atoms with Gasteiger partial charge in [0.1, 0.15) is 5.82 Å². The normalized spacial score (nSPS) is 12.9. The average Bonchev–Trinajstić information content (AvgIpc) is 2.09. The smallest absolute Gasteiger partial charge is 0.127 e. The van der Waals surface area contributed by atoms with Crippen molar-refractivity contribution in [3.05, 3.63) is 34.6 Å². The highest BCUT2D eigenvalue weighted by Crippen LogP contribution is 2.18. The van der Waals surface area contributed by atoms with E-state index in [4.69, 9.17) is 11.6 Å². The van der Waals surface area contributed by atoms with Crippen molar-refractivity contribution in [1.82, 2.24) is 0 Å². The van der Waals surface area contributed by atoms with Crippen LogP contribution in [-0.2, 0) is 6.42 Å². The first-order valence-corrected chi connectivity index (χ1v) is 5.63. The highest BCUT2D eigenvalue weighted by Gasteiger charge is 2.06. The van der Waals surface area contributed by atoms with Gasteiger partial charge in [0, 0.05) is 10.4 Å². The van der Waals surface area contributed by atoms with Gasteiger partial charge in [-0.15, -0.1) is 0 Å². The Kier molecular flexibility index (Phi) is 4.20. The predicted octanol–water partition coefficient (Wildman–Crippen LogP) is 4.05. The minimum atomic E-state index is -0.208. The van der Waals surface area contributed by atoms with E-state index >= 15 is 0 Å². The topological polar surface area (TPSA) is 0 Å². The fourth-order valence-electron chi connectivity index (χ4n) is 1.12. The van der Waals surface area contributed by atoms with Gasteiger partial charge in [0.15, 0.2) is 0 Å². The van der Waals surface area contributed by atoms with Crippen LogP contribution >= 0.6 is 27.5 Å². The van der Waals surface area contributed by atoms with E-state index in [-0.39, 0.29) is 5.82 Å². The van der Waals surface area contributed by atoms with Gasteiger partial charge in [-0.05, 0) is 30.0 Å². The van der Waals surface area contributed by atoms with Crippen LogP contribution in [0.5, 0.6) is 0 Å². The third kappa shape index (κ3) is 3.28. The van der Waals surface area contributed by atoms with E-state index in [2.05, 4.69) is 22.9 Å². The molecular weight excluding hydrogens is 254 g/mol. The van der Waals surface area contributed by atoms with Gasteiger partial charge in [-0.1, -0.05) is 40.5 Å². The van der Waals surface area contributed by atoms with Gasteiger partial charge in [-0.3, -0.25) is 0 Å². The maximum absolute atomic E-state index is 13.2. The summed E-state index contributed by atoms with van der Waals surface area (Å²) in [5.41, 5.74) is 0.733. The maximum atomic E-state index is 13.2. The molecule has 0 aliphatic carbocycles. The van der Waals surface area contributed by atoms with E-state index in [1.807, 2.05) is 0 Å². The summed E-state index contributed by atoms with van der Waals surface area (Å²) >= 11 is 9.00. The molecule has 0 nitrogen and oxygen atoms in total. The second-order valence-electron chi connectivity index (χ2n) is 3.20. The number of hydrogen-bond donors (Lipinski definition) is 0. The Hall–Kier alpha value is -0.0800. The third-order valence-electron chi connectivity index (χ3n) is 1.85. The van der Waals surface area contributed by atoms with E-state index in [9.17, 15) is 4.39 Å². The summed E-state index contributed by atoms with van der Waals surface area (Å²) in [4.78, 5) is 0. The van der Waals surface area contributed by atoms with E-state index in [1.165, 1.54) is 6.07 Å². The number of rotatable bonds is 3. The summed E-state index contributed by atoms with van der Waals surface area (Å²) in [5, 5.41) is 1.34. The zero-order valence-electron chi connectivity index (χ0n) is 7.36. The second-order valence-corrected chi connectivity index (χ2v) is 4.28. The van der Waals surface area contributed by atoms with Gasteiger partial charge < -0.3 is 0 Å². The molecule has 0 bridgehead atoms. The summed E-state index contributed by atoms with van der Waals surface area (Å²) in [6.07, 6.45) is 0.744. The minimum Gasteiger partial charge on any atom is -0.207 e. The quantitative estimate of drug-likeness (QED) is 0.723. The molecule has 0 aliphatic heterocycles. The van der Waals surface area contributed by atoms with Crippen molar-refractivity contribution in [1.29, 1.82) is 0 Å². The number of alkyl halides is 1. The lowest BCUT2D eigenvalue weighted by Gasteiger charge is -2.08. The molecule has 72 valence electrons. The molecule has 0 saturated carbocycles. The third-order valence-corrected chi connectivity index (χ3v) is 3.19. The van der Waals surface area contributed by atoms with Crippen LogP contribution < -0.4 is 0 Å². The van der Waals surface area contributed by atoms with Crippen LogP contribution in [0.2, 0.25) is 5.02 Å². The van der Waals surface area contributed by atoms with Crippen LogP contribution in [0.15, 0.2) is 18.2 Å². The molecular formula is C10H11BrClF. The van der Waals surface area contributed by atoms with Crippen LogP contribution in [0.1, 0.15) is 12.5 Å². The molecule has 0 aliphatic rings. The Morgan fingerprint density at radius 1 is 1.54 bits per heavy atom. The summed E-state index contributed by atoms with van der Waals surface area (Å²) in [6.45, 7) is 2.07. The predicted molar refractivity (Wildman–Crippen MR) is 58.1 cm³/mol. The summed E-state index contributed by atoms with van der Waals surface area (Å²) < 4.78 is 13.2. The first-order chi connectivity index (χ1) is 6.13. The van der Waals surface area contributed by atoms with Crippen molar-refractivity contribution in [3.63, 3.8) is 0 Å². The lowest BCUT2D eigenvalue weighted by atomic mass is 10.0. The fourth-order valence-corrected chi connectivity index (χ4v) is 1.50. The van der Waals surface area contributed by atoms with E-state index in [1.54, 1.807) is 12.1 Å². The van der Waals surface area contributed by atoms with Gasteiger partial charge in [0.2, 0.25) is 0 Å². The molecule has 1 aromatic carbocycles. The average molecular weight is 266 g/mol. The van der Waals surface area contributed by atoms with E-state index in [0.29, 0.717) is 10.9 Å². The van der Waals surface area contributed by atoms with Gasteiger partial charge in [-0.2, -0.15) is 0 Å². The van der Waals surface area contributed by atoms with Crippen LogP contribution in [0.3, 0.4) is 0 Å². The molecule has 0 amide bonds. The van der Waals surface area contributed by atoms with Gasteiger partial charge >= 0.3 is 0 Å². The van der Waals surface area contributed by atoms with E-state index in [0.717, 1.165) is 17.3 Å². The van der Waals surface area contributed by atoms with Crippen molar-refractivity contribution in [2.24, 2.45) is 5.92 Å². The molecule has 0 aromatic heterocycles. The second kappa shape index (κ2) is 4.97. The zero-order valence-corrected chi connectivity index (χ0v) is 9.70. The monoisotopic (exact) mass is 264 g/mol. The Bertz CT molecular complexity index is 288. The molecule has 0 fully saturated rings. The van der Waals surface area contributed by atoms with Crippen molar-refractivity contribution in [2.45, 2.75) is 13.3 Å². The number of halogens is 3.